The number of carbonyl (C=O) groups excluding carboxylic acids is 1. The van der Waals surface area contributed by atoms with Crippen molar-refractivity contribution in [2.75, 3.05) is 19.0 Å². The van der Waals surface area contributed by atoms with E-state index < -0.39 is 0 Å². The van der Waals surface area contributed by atoms with Crippen molar-refractivity contribution < 1.29 is 4.79 Å². The zero-order valence-corrected chi connectivity index (χ0v) is 13.0. The van der Waals surface area contributed by atoms with Crippen molar-refractivity contribution in [2.45, 2.75) is 25.2 Å². The summed E-state index contributed by atoms with van der Waals surface area (Å²) in [6.45, 7) is 4.61. The molecule has 100 valence electrons. The first-order valence-corrected chi connectivity index (χ1v) is 7.01. The van der Waals surface area contributed by atoms with Crippen LogP contribution < -0.4 is 10.2 Å². The molecule has 0 saturated carbocycles. The number of nitrogens with zero attached hydrogens (tertiary/aromatic N) is 1. The number of hydrogen-bond acceptors (Lipinski definition) is 2. The van der Waals surface area contributed by atoms with Crippen LogP contribution in [0.5, 0.6) is 0 Å². The van der Waals surface area contributed by atoms with Gasteiger partial charge in [-0.1, -0.05) is 41.9 Å². The van der Waals surface area contributed by atoms with E-state index in [9.17, 15) is 4.79 Å². The Hall–Kier alpha value is -1.03. The molecule has 1 N–H and O–H groups in total. The molecule has 18 heavy (non-hydrogen) atoms. The summed E-state index contributed by atoms with van der Waals surface area (Å²) in [5.41, 5.74) is 2.27. The molecule has 1 aromatic rings. The predicted octanol–water partition coefficient (Wildman–Crippen LogP) is 2.79. The molecule has 0 aliphatic heterocycles. The van der Waals surface area contributed by atoms with E-state index in [1.807, 2.05) is 40.1 Å². The molecule has 0 radical (unpaired) electrons. The highest BCUT2D eigenvalue weighted by molar-refractivity contribution is 9.10. The van der Waals surface area contributed by atoms with Crippen molar-refractivity contribution in [3.63, 3.8) is 0 Å². The smallest absolute Gasteiger partial charge is 0.234 e. The minimum atomic E-state index is -0.126. The van der Waals surface area contributed by atoms with Crippen LogP contribution in [-0.4, -0.2) is 24.8 Å². The Morgan fingerprint density at radius 1 is 1.28 bits per heavy atom. The van der Waals surface area contributed by atoms with Gasteiger partial charge in [0.2, 0.25) is 5.91 Å². The van der Waals surface area contributed by atoms with E-state index in [0.29, 0.717) is 12.5 Å². The summed E-state index contributed by atoms with van der Waals surface area (Å²) in [4.78, 5) is 13.7. The van der Waals surface area contributed by atoms with Gasteiger partial charge in [0.15, 0.2) is 0 Å². The quantitative estimate of drug-likeness (QED) is 0.848. The van der Waals surface area contributed by atoms with Crippen LogP contribution in [0, 0.1) is 5.92 Å². The number of nitrogens with one attached hydrogen (secondary N) is 1. The Morgan fingerprint density at radius 2 is 1.83 bits per heavy atom. The van der Waals surface area contributed by atoms with E-state index in [-0.39, 0.29) is 10.7 Å². The van der Waals surface area contributed by atoms with Gasteiger partial charge in [0.05, 0.1) is 4.83 Å². The Labute approximate surface area is 118 Å². The molecule has 0 fully saturated rings. The molecule has 0 heterocycles. The standard InChI is InChI=1S/C14H21BrN2O/c1-10(2)13(15)14(18)16-9-11-5-7-12(8-6-11)17(3)4/h5-8,10,13H,9H2,1-4H3,(H,16,18). The van der Waals surface area contributed by atoms with Gasteiger partial charge in [-0.15, -0.1) is 0 Å². The van der Waals surface area contributed by atoms with Crippen LogP contribution in [-0.2, 0) is 11.3 Å². The lowest BCUT2D eigenvalue weighted by atomic mass is 10.1. The third-order valence-corrected chi connectivity index (χ3v) is 4.23. The summed E-state index contributed by atoms with van der Waals surface area (Å²) in [7, 11) is 4.02. The predicted molar refractivity (Wildman–Crippen MR) is 80.2 cm³/mol. The summed E-state index contributed by atoms with van der Waals surface area (Å²) in [6.07, 6.45) is 0. The molecule has 0 aliphatic carbocycles. The van der Waals surface area contributed by atoms with E-state index in [0.717, 1.165) is 11.3 Å². The second kappa shape index (κ2) is 6.78. The number of anilines is 1. The van der Waals surface area contributed by atoms with Gasteiger partial charge in [-0.2, -0.15) is 0 Å². The van der Waals surface area contributed by atoms with Crippen molar-refractivity contribution in [3.05, 3.63) is 29.8 Å². The van der Waals surface area contributed by atoms with Crippen molar-refractivity contribution >= 4 is 27.5 Å². The van der Waals surface area contributed by atoms with E-state index >= 15 is 0 Å². The second-order valence-electron chi connectivity index (χ2n) is 4.92. The molecule has 1 aromatic carbocycles. The maximum Gasteiger partial charge on any atom is 0.234 e. The number of rotatable bonds is 5. The number of halogens is 1. The highest BCUT2D eigenvalue weighted by atomic mass is 79.9. The number of hydrogen-bond donors (Lipinski definition) is 1. The fourth-order valence-corrected chi connectivity index (χ4v) is 1.66. The molecule has 0 bridgehead atoms. The molecule has 1 unspecified atom stereocenters. The van der Waals surface area contributed by atoms with Gasteiger partial charge in [0, 0.05) is 26.3 Å². The monoisotopic (exact) mass is 312 g/mol. The molecule has 1 rings (SSSR count). The largest absolute Gasteiger partial charge is 0.378 e. The zero-order chi connectivity index (χ0) is 13.7. The zero-order valence-electron chi connectivity index (χ0n) is 11.4. The van der Waals surface area contributed by atoms with Crippen LogP contribution in [0.4, 0.5) is 5.69 Å². The van der Waals surface area contributed by atoms with Crippen molar-refractivity contribution in [2.24, 2.45) is 5.92 Å². The van der Waals surface area contributed by atoms with Gasteiger partial charge < -0.3 is 10.2 Å². The van der Waals surface area contributed by atoms with E-state index in [1.165, 1.54) is 0 Å². The Balaban J connectivity index is 2.51. The first-order chi connectivity index (χ1) is 8.41. The Kier molecular flexibility index (Phi) is 5.66. The molecule has 1 amide bonds. The molecule has 1 atom stereocenters. The molecule has 3 nitrogen and oxygen atoms in total. The first kappa shape index (κ1) is 15.0. The molecule has 0 aromatic heterocycles. The average molecular weight is 313 g/mol. The van der Waals surface area contributed by atoms with Crippen LogP contribution in [0.25, 0.3) is 0 Å². The third kappa shape index (κ3) is 4.33. The fraction of sp³-hybridized carbons (Fsp3) is 0.500. The van der Waals surface area contributed by atoms with Gasteiger partial charge in [-0.05, 0) is 23.6 Å². The minimum absolute atomic E-state index is 0.0432. The SMILES string of the molecule is CC(C)C(Br)C(=O)NCc1ccc(N(C)C)cc1. The van der Waals surface area contributed by atoms with Crippen LogP contribution in [0.2, 0.25) is 0 Å². The summed E-state index contributed by atoms with van der Waals surface area (Å²) >= 11 is 3.39. The Bertz CT molecular complexity index is 387. The third-order valence-electron chi connectivity index (χ3n) is 2.76. The maximum atomic E-state index is 11.8. The summed E-state index contributed by atoms with van der Waals surface area (Å²) in [5.74, 6) is 0.336. The molecule has 0 saturated heterocycles. The Morgan fingerprint density at radius 3 is 2.28 bits per heavy atom. The topological polar surface area (TPSA) is 32.3 Å². The van der Waals surface area contributed by atoms with Crippen molar-refractivity contribution in [3.8, 4) is 0 Å². The van der Waals surface area contributed by atoms with Crippen LogP contribution >= 0.6 is 15.9 Å². The molecular weight excluding hydrogens is 292 g/mol. The lowest BCUT2D eigenvalue weighted by Gasteiger charge is -2.15. The fourth-order valence-electron chi connectivity index (χ4n) is 1.50. The summed E-state index contributed by atoms with van der Waals surface area (Å²) in [6, 6.07) is 8.17. The van der Waals surface area contributed by atoms with Crippen molar-refractivity contribution in [1.29, 1.82) is 0 Å². The van der Waals surface area contributed by atoms with Crippen LogP contribution in [0.1, 0.15) is 19.4 Å². The average Bonchev–Trinajstić information content (AvgIpc) is 2.35. The first-order valence-electron chi connectivity index (χ1n) is 6.10. The second-order valence-corrected chi connectivity index (χ2v) is 5.91. The van der Waals surface area contributed by atoms with Crippen LogP contribution in [0.3, 0.4) is 0 Å². The number of amides is 1. The molecule has 0 spiro atoms. The van der Waals surface area contributed by atoms with E-state index in [1.54, 1.807) is 0 Å². The van der Waals surface area contributed by atoms with Gasteiger partial charge in [-0.25, -0.2) is 0 Å². The van der Waals surface area contributed by atoms with Gasteiger partial charge in [0.1, 0.15) is 0 Å². The van der Waals surface area contributed by atoms with E-state index in [2.05, 4.69) is 38.3 Å². The summed E-state index contributed by atoms with van der Waals surface area (Å²) < 4.78 is 0. The number of benzene rings is 1. The molecule has 0 aliphatic rings. The highest BCUT2D eigenvalue weighted by Gasteiger charge is 2.17. The number of alkyl halides is 1. The van der Waals surface area contributed by atoms with Gasteiger partial charge in [-0.3, -0.25) is 4.79 Å². The lowest BCUT2D eigenvalue weighted by Crippen LogP contribution is -2.33. The van der Waals surface area contributed by atoms with Gasteiger partial charge >= 0.3 is 0 Å². The van der Waals surface area contributed by atoms with E-state index in [4.69, 9.17) is 0 Å². The normalized spacial score (nSPS) is 12.3. The lowest BCUT2D eigenvalue weighted by molar-refractivity contribution is -0.121. The minimum Gasteiger partial charge on any atom is -0.378 e. The summed E-state index contributed by atoms with van der Waals surface area (Å²) in [5, 5.41) is 2.93. The molecular formula is C14H21BrN2O. The van der Waals surface area contributed by atoms with Crippen LogP contribution in [0.15, 0.2) is 24.3 Å². The van der Waals surface area contributed by atoms with Gasteiger partial charge in [0.25, 0.3) is 0 Å². The van der Waals surface area contributed by atoms with Crippen molar-refractivity contribution in [1.82, 2.24) is 5.32 Å². The highest BCUT2D eigenvalue weighted by Crippen LogP contribution is 2.14. The number of carbonyl (C=O) groups is 1. The molecule has 4 heteroatoms. The maximum absolute atomic E-state index is 11.8.